The van der Waals surface area contributed by atoms with E-state index >= 15 is 0 Å². The molecule has 1 heterocycles. The lowest BCUT2D eigenvalue weighted by Gasteiger charge is -2.22. The minimum absolute atomic E-state index is 0.0957. The van der Waals surface area contributed by atoms with Gasteiger partial charge >= 0.3 is 6.03 Å². The van der Waals surface area contributed by atoms with Gasteiger partial charge in [-0.3, -0.25) is 0 Å². The van der Waals surface area contributed by atoms with Gasteiger partial charge in [-0.25, -0.2) is 4.79 Å². The molecular weight excluding hydrogens is 272 g/mol. The Kier molecular flexibility index (Phi) is 5.28. The number of amides is 2. The number of urea groups is 1. The van der Waals surface area contributed by atoms with Crippen LogP contribution >= 0.6 is 0 Å². The number of aliphatic hydroxyl groups excluding tert-OH is 1. The van der Waals surface area contributed by atoms with Gasteiger partial charge in [0, 0.05) is 20.0 Å². The van der Waals surface area contributed by atoms with Crippen LogP contribution < -0.4 is 5.32 Å². The number of carbonyl (C=O) groups excluding carboxylic acids is 1. The fourth-order valence-corrected chi connectivity index (χ4v) is 1.86. The van der Waals surface area contributed by atoms with Crippen molar-refractivity contribution in [1.29, 1.82) is 0 Å². The van der Waals surface area contributed by atoms with Gasteiger partial charge in [-0.15, -0.1) is 0 Å². The Bertz CT molecular complexity index is 571. The molecule has 0 saturated carbocycles. The maximum Gasteiger partial charge on any atom is 0.318 e. The highest BCUT2D eigenvalue weighted by Crippen LogP contribution is 2.05. The Labute approximate surface area is 122 Å². The largest absolute Gasteiger partial charge is 0.395 e. The van der Waals surface area contributed by atoms with Crippen LogP contribution in [0.2, 0.25) is 0 Å². The molecule has 0 saturated heterocycles. The summed E-state index contributed by atoms with van der Waals surface area (Å²) in [7, 11) is 0. The summed E-state index contributed by atoms with van der Waals surface area (Å²) < 4.78 is 4.83. The monoisotopic (exact) mass is 290 g/mol. The molecule has 2 aromatic rings. The van der Waals surface area contributed by atoms with Crippen molar-refractivity contribution in [2.24, 2.45) is 0 Å². The maximum absolute atomic E-state index is 12.1. The summed E-state index contributed by atoms with van der Waals surface area (Å²) in [5.74, 6) is 0.875. The van der Waals surface area contributed by atoms with Crippen molar-refractivity contribution in [2.75, 3.05) is 13.2 Å². The average molecular weight is 290 g/mol. The van der Waals surface area contributed by atoms with Crippen molar-refractivity contribution < 1.29 is 14.4 Å². The van der Waals surface area contributed by atoms with Crippen LogP contribution in [-0.2, 0) is 13.1 Å². The van der Waals surface area contributed by atoms with Crippen molar-refractivity contribution in [3.05, 3.63) is 47.6 Å². The van der Waals surface area contributed by atoms with Crippen LogP contribution in [0.15, 0.2) is 34.9 Å². The van der Waals surface area contributed by atoms with Crippen LogP contribution in [0.1, 0.15) is 17.3 Å². The molecule has 1 aromatic carbocycles. The van der Waals surface area contributed by atoms with E-state index in [4.69, 9.17) is 9.63 Å². The second-order valence-corrected chi connectivity index (χ2v) is 4.52. The molecule has 2 amide bonds. The van der Waals surface area contributed by atoms with E-state index in [1.165, 1.54) is 4.90 Å². The molecule has 2 rings (SSSR count). The standard InChI is InChI=1S/C14H18N4O3/c1-11-16-13(17-21-11)9-15-14(20)18(7-8-19)10-12-5-3-2-4-6-12/h2-6,19H,7-10H2,1H3,(H,15,20). The minimum Gasteiger partial charge on any atom is -0.395 e. The van der Waals surface area contributed by atoms with Gasteiger partial charge in [0.2, 0.25) is 5.89 Å². The Hall–Kier alpha value is -2.41. The van der Waals surface area contributed by atoms with Crippen molar-refractivity contribution in [2.45, 2.75) is 20.0 Å². The summed E-state index contributed by atoms with van der Waals surface area (Å²) in [5, 5.41) is 15.5. The lowest BCUT2D eigenvalue weighted by molar-refractivity contribution is 0.173. The van der Waals surface area contributed by atoms with E-state index in [-0.39, 0.29) is 25.7 Å². The summed E-state index contributed by atoms with van der Waals surface area (Å²) in [6.45, 7) is 2.46. The second-order valence-electron chi connectivity index (χ2n) is 4.52. The Balaban J connectivity index is 1.92. The van der Waals surface area contributed by atoms with E-state index in [0.29, 0.717) is 18.3 Å². The third-order valence-corrected chi connectivity index (χ3v) is 2.84. The molecule has 0 unspecified atom stereocenters. The SMILES string of the molecule is Cc1nc(CNC(=O)N(CCO)Cc2ccccc2)no1. The maximum atomic E-state index is 12.1. The number of aromatic nitrogens is 2. The van der Waals surface area contributed by atoms with Gasteiger partial charge in [-0.2, -0.15) is 4.98 Å². The minimum atomic E-state index is -0.282. The van der Waals surface area contributed by atoms with Crippen molar-refractivity contribution in [3.8, 4) is 0 Å². The molecule has 0 fully saturated rings. The lowest BCUT2D eigenvalue weighted by Crippen LogP contribution is -2.40. The van der Waals surface area contributed by atoms with Crippen LogP contribution in [0.5, 0.6) is 0 Å². The zero-order chi connectivity index (χ0) is 15.1. The number of nitrogens with one attached hydrogen (secondary N) is 1. The molecule has 0 aliphatic carbocycles. The number of nitrogens with zero attached hydrogens (tertiary/aromatic N) is 3. The van der Waals surface area contributed by atoms with Gasteiger partial charge in [-0.05, 0) is 5.56 Å². The number of aryl methyl sites for hydroxylation is 1. The zero-order valence-electron chi connectivity index (χ0n) is 11.8. The predicted molar refractivity (Wildman–Crippen MR) is 75.2 cm³/mol. The summed E-state index contributed by atoms with van der Waals surface area (Å²) in [6, 6.07) is 9.31. The van der Waals surface area contributed by atoms with Gasteiger partial charge in [0.25, 0.3) is 0 Å². The van der Waals surface area contributed by atoms with Crippen molar-refractivity contribution in [1.82, 2.24) is 20.4 Å². The number of hydrogen-bond donors (Lipinski definition) is 2. The average Bonchev–Trinajstić information content (AvgIpc) is 2.91. The highest BCUT2D eigenvalue weighted by molar-refractivity contribution is 5.74. The molecule has 112 valence electrons. The van der Waals surface area contributed by atoms with Crippen LogP contribution in [0.4, 0.5) is 4.79 Å². The normalized spacial score (nSPS) is 10.4. The molecule has 0 spiro atoms. The zero-order valence-corrected chi connectivity index (χ0v) is 11.8. The molecule has 7 nitrogen and oxygen atoms in total. The number of aliphatic hydroxyl groups is 1. The Morgan fingerprint density at radius 2 is 2.14 bits per heavy atom. The van der Waals surface area contributed by atoms with E-state index in [9.17, 15) is 4.79 Å². The van der Waals surface area contributed by atoms with Gasteiger partial charge in [0.1, 0.15) is 0 Å². The van der Waals surface area contributed by atoms with Gasteiger partial charge in [-0.1, -0.05) is 35.5 Å². The molecule has 7 heteroatoms. The van der Waals surface area contributed by atoms with E-state index in [2.05, 4.69) is 15.5 Å². The van der Waals surface area contributed by atoms with E-state index in [1.54, 1.807) is 6.92 Å². The highest BCUT2D eigenvalue weighted by Gasteiger charge is 2.14. The van der Waals surface area contributed by atoms with Crippen LogP contribution in [0.3, 0.4) is 0 Å². The van der Waals surface area contributed by atoms with E-state index < -0.39 is 0 Å². The first kappa shape index (κ1) is 15.0. The third kappa shape index (κ3) is 4.57. The summed E-state index contributed by atoms with van der Waals surface area (Å²) in [6.07, 6.45) is 0. The number of hydrogen-bond acceptors (Lipinski definition) is 5. The van der Waals surface area contributed by atoms with Crippen molar-refractivity contribution >= 4 is 6.03 Å². The lowest BCUT2D eigenvalue weighted by atomic mass is 10.2. The molecule has 21 heavy (non-hydrogen) atoms. The van der Waals surface area contributed by atoms with E-state index in [0.717, 1.165) is 5.56 Å². The topological polar surface area (TPSA) is 91.5 Å². The smallest absolute Gasteiger partial charge is 0.318 e. The molecule has 0 bridgehead atoms. The number of benzene rings is 1. The molecule has 1 aromatic heterocycles. The second kappa shape index (κ2) is 7.39. The molecular formula is C14H18N4O3. The Morgan fingerprint density at radius 3 is 2.76 bits per heavy atom. The molecule has 0 aliphatic rings. The fraction of sp³-hybridized carbons (Fsp3) is 0.357. The Morgan fingerprint density at radius 1 is 1.38 bits per heavy atom. The van der Waals surface area contributed by atoms with Gasteiger partial charge in [0.05, 0.1) is 13.2 Å². The third-order valence-electron chi connectivity index (χ3n) is 2.84. The van der Waals surface area contributed by atoms with E-state index in [1.807, 2.05) is 30.3 Å². The highest BCUT2D eigenvalue weighted by atomic mass is 16.5. The molecule has 0 radical (unpaired) electrons. The number of rotatable bonds is 6. The first-order valence-electron chi connectivity index (χ1n) is 6.66. The summed E-state index contributed by atoms with van der Waals surface area (Å²) in [4.78, 5) is 17.7. The first-order chi connectivity index (χ1) is 10.2. The van der Waals surface area contributed by atoms with Crippen LogP contribution in [0, 0.1) is 6.92 Å². The fourth-order valence-electron chi connectivity index (χ4n) is 1.86. The van der Waals surface area contributed by atoms with Crippen molar-refractivity contribution in [3.63, 3.8) is 0 Å². The number of carbonyl (C=O) groups is 1. The van der Waals surface area contributed by atoms with Crippen LogP contribution in [-0.4, -0.2) is 39.3 Å². The first-order valence-corrected chi connectivity index (χ1v) is 6.66. The predicted octanol–water partition coefficient (Wildman–Crippen LogP) is 1.08. The molecule has 0 aliphatic heterocycles. The van der Waals surface area contributed by atoms with Crippen LogP contribution in [0.25, 0.3) is 0 Å². The summed E-state index contributed by atoms with van der Waals surface area (Å²) >= 11 is 0. The molecule has 2 N–H and O–H groups in total. The quantitative estimate of drug-likeness (QED) is 0.830. The van der Waals surface area contributed by atoms with Gasteiger partial charge < -0.3 is 19.8 Å². The molecule has 0 atom stereocenters. The summed E-state index contributed by atoms with van der Waals surface area (Å²) in [5.41, 5.74) is 0.997. The van der Waals surface area contributed by atoms with Gasteiger partial charge in [0.15, 0.2) is 5.82 Å².